The van der Waals surface area contributed by atoms with Crippen LogP contribution in [0.3, 0.4) is 0 Å². The molecule has 0 unspecified atom stereocenters. The van der Waals surface area contributed by atoms with E-state index >= 15 is 0 Å². The van der Waals surface area contributed by atoms with E-state index in [0.717, 1.165) is 20.1 Å². The molecule has 0 radical (unpaired) electrons. The number of aromatic amines is 1. The molecule has 0 bridgehead atoms. The predicted octanol–water partition coefficient (Wildman–Crippen LogP) is 3.66. The standard InChI is InChI=1S/C19H20N4O3S2/c1-4-26-18(25)17-11(2)14(21-12(17)3)9-20-23-16(24)10-27-19-22-13-7-5-6-8-15(13)28-19/h5-9,21H,4,10H2,1-3H3,(H,23,24)/b20-9+. The van der Waals surface area contributed by atoms with Gasteiger partial charge in [-0.05, 0) is 38.5 Å². The zero-order valence-corrected chi connectivity index (χ0v) is 17.4. The molecule has 0 saturated heterocycles. The molecule has 0 atom stereocenters. The molecule has 7 nitrogen and oxygen atoms in total. The van der Waals surface area contributed by atoms with Crippen molar-refractivity contribution in [2.24, 2.45) is 5.10 Å². The van der Waals surface area contributed by atoms with Crippen molar-refractivity contribution in [2.45, 2.75) is 25.1 Å². The van der Waals surface area contributed by atoms with Crippen molar-refractivity contribution in [1.82, 2.24) is 15.4 Å². The highest BCUT2D eigenvalue weighted by Gasteiger charge is 2.18. The Bertz CT molecular complexity index is 1010. The molecular formula is C19H20N4O3S2. The van der Waals surface area contributed by atoms with E-state index in [1.165, 1.54) is 18.0 Å². The van der Waals surface area contributed by atoms with E-state index in [9.17, 15) is 9.59 Å². The summed E-state index contributed by atoms with van der Waals surface area (Å²) >= 11 is 2.93. The van der Waals surface area contributed by atoms with Crippen LogP contribution in [0, 0.1) is 13.8 Å². The molecule has 0 spiro atoms. The van der Waals surface area contributed by atoms with Gasteiger partial charge in [0.15, 0.2) is 4.34 Å². The number of nitrogens with zero attached hydrogens (tertiary/aromatic N) is 2. The van der Waals surface area contributed by atoms with Crippen molar-refractivity contribution in [2.75, 3.05) is 12.4 Å². The smallest absolute Gasteiger partial charge is 0.340 e. The number of benzene rings is 1. The molecule has 1 aromatic carbocycles. The van der Waals surface area contributed by atoms with Crippen LogP contribution in [0.15, 0.2) is 33.7 Å². The number of amides is 1. The molecule has 3 rings (SSSR count). The molecule has 146 valence electrons. The van der Waals surface area contributed by atoms with E-state index in [2.05, 4.69) is 20.5 Å². The van der Waals surface area contributed by atoms with Crippen LogP contribution in [0.1, 0.15) is 34.2 Å². The minimum atomic E-state index is -0.371. The molecule has 1 amide bonds. The first kappa shape index (κ1) is 20.1. The Labute approximate surface area is 170 Å². The number of H-pyrrole nitrogens is 1. The third-order valence-corrected chi connectivity index (χ3v) is 6.12. The Hall–Kier alpha value is -2.65. The number of para-hydroxylation sites is 1. The number of hydrogen-bond donors (Lipinski definition) is 2. The molecule has 0 aliphatic heterocycles. The largest absolute Gasteiger partial charge is 0.462 e. The summed E-state index contributed by atoms with van der Waals surface area (Å²) in [5.74, 6) is -0.384. The van der Waals surface area contributed by atoms with E-state index in [1.807, 2.05) is 31.2 Å². The van der Waals surface area contributed by atoms with Crippen LogP contribution < -0.4 is 5.43 Å². The van der Waals surface area contributed by atoms with E-state index in [1.54, 1.807) is 25.2 Å². The number of rotatable bonds is 7. The van der Waals surface area contributed by atoms with Crippen LogP contribution in [0.4, 0.5) is 0 Å². The fourth-order valence-corrected chi connectivity index (χ4v) is 4.51. The van der Waals surface area contributed by atoms with Crippen LogP contribution in [0.2, 0.25) is 0 Å². The van der Waals surface area contributed by atoms with Gasteiger partial charge in [-0.15, -0.1) is 11.3 Å². The van der Waals surface area contributed by atoms with E-state index < -0.39 is 0 Å². The highest BCUT2D eigenvalue weighted by Crippen LogP contribution is 2.29. The first-order valence-corrected chi connectivity index (χ1v) is 10.5. The minimum Gasteiger partial charge on any atom is -0.462 e. The van der Waals surface area contributed by atoms with Gasteiger partial charge in [-0.1, -0.05) is 23.9 Å². The summed E-state index contributed by atoms with van der Waals surface area (Å²) in [6.45, 7) is 5.68. The number of carbonyl (C=O) groups is 2. The Morgan fingerprint density at radius 3 is 2.89 bits per heavy atom. The fraction of sp³-hybridized carbons (Fsp3) is 0.263. The minimum absolute atomic E-state index is 0.216. The van der Waals surface area contributed by atoms with Crippen LogP contribution in [-0.2, 0) is 9.53 Å². The Morgan fingerprint density at radius 2 is 2.14 bits per heavy atom. The summed E-state index contributed by atoms with van der Waals surface area (Å²) in [5, 5.41) is 3.98. The molecule has 3 aromatic rings. The maximum atomic E-state index is 12.0. The summed E-state index contributed by atoms with van der Waals surface area (Å²) in [6.07, 6.45) is 1.49. The number of aromatic nitrogens is 2. The van der Waals surface area contributed by atoms with Crippen molar-refractivity contribution in [3.8, 4) is 0 Å². The number of hydrogen-bond acceptors (Lipinski definition) is 7. The summed E-state index contributed by atoms with van der Waals surface area (Å²) < 4.78 is 7.00. The molecule has 2 N–H and O–H groups in total. The van der Waals surface area contributed by atoms with Gasteiger partial charge in [0.25, 0.3) is 5.91 Å². The zero-order chi connectivity index (χ0) is 20.1. The Balaban J connectivity index is 1.56. The zero-order valence-electron chi connectivity index (χ0n) is 15.7. The third-order valence-electron chi connectivity index (χ3n) is 3.94. The highest BCUT2D eigenvalue weighted by atomic mass is 32.2. The summed E-state index contributed by atoms with van der Waals surface area (Å²) in [6, 6.07) is 7.86. The van der Waals surface area contributed by atoms with Gasteiger partial charge in [-0.2, -0.15) is 5.10 Å². The van der Waals surface area contributed by atoms with E-state index in [-0.39, 0.29) is 17.6 Å². The lowest BCUT2D eigenvalue weighted by molar-refractivity contribution is -0.118. The third kappa shape index (κ3) is 4.60. The second-order valence-corrected chi connectivity index (χ2v) is 8.17. The molecule has 0 aliphatic rings. The topological polar surface area (TPSA) is 96.4 Å². The normalized spacial score (nSPS) is 11.2. The van der Waals surface area contributed by atoms with Crippen LogP contribution in [-0.4, -0.2) is 40.4 Å². The number of aryl methyl sites for hydroxylation is 1. The summed E-state index contributed by atoms with van der Waals surface area (Å²) in [5.41, 5.74) is 6.02. The Morgan fingerprint density at radius 1 is 1.36 bits per heavy atom. The van der Waals surface area contributed by atoms with Gasteiger partial charge in [-0.25, -0.2) is 15.2 Å². The van der Waals surface area contributed by atoms with Gasteiger partial charge >= 0.3 is 5.97 Å². The number of nitrogens with one attached hydrogen (secondary N) is 2. The maximum Gasteiger partial charge on any atom is 0.340 e. The summed E-state index contributed by atoms with van der Waals surface area (Å²) in [7, 11) is 0. The number of thioether (sulfide) groups is 1. The van der Waals surface area contributed by atoms with Crippen molar-refractivity contribution >= 4 is 51.4 Å². The first-order valence-electron chi connectivity index (χ1n) is 8.66. The van der Waals surface area contributed by atoms with Crippen molar-refractivity contribution < 1.29 is 14.3 Å². The van der Waals surface area contributed by atoms with Crippen molar-refractivity contribution in [3.05, 3.63) is 46.8 Å². The van der Waals surface area contributed by atoms with Gasteiger partial charge in [-0.3, -0.25) is 4.79 Å². The lowest BCUT2D eigenvalue weighted by atomic mass is 10.1. The number of carbonyl (C=O) groups excluding carboxylic acids is 2. The molecule has 0 aliphatic carbocycles. The average molecular weight is 417 g/mol. The van der Waals surface area contributed by atoms with Gasteiger partial charge in [0.05, 0.1) is 40.0 Å². The molecule has 9 heteroatoms. The van der Waals surface area contributed by atoms with Gasteiger partial charge in [0, 0.05) is 5.69 Å². The predicted molar refractivity (Wildman–Crippen MR) is 112 cm³/mol. The molecule has 2 heterocycles. The second kappa shape index (κ2) is 9.03. The average Bonchev–Trinajstić information content (AvgIpc) is 3.20. The SMILES string of the molecule is CCOC(=O)c1c(C)[nH]c(/C=N/NC(=O)CSc2nc3ccccc3s2)c1C. The molecule has 0 saturated carbocycles. The number of thiazole rings is 1. The molecular weight excluding hydrogens is 396 g/mol. The molecule has 2 aromatic heterocycles. The van der Waals surface area contributed by atoms with Crippen molar-refractivity contribution in [1.29, 1.82) is 0 Å². The quantitative estimate of drug-likeness (QED) is 0.265. The number of fused-ring (bicyclic) bond motifs is 1. The molecule has 0 fully saturated rings. The van der Waals surface area contributed by atoms with Crippen LogP contribution in [0.5, 0.6) is 0 Å². The van der Waals surface area contributed by atoms with E-state index in [0.29, 0.717) is 23.6 Å². The number of ether oxygens (including phenoxy) is 1. The van der Waals surface area contributed by atoms with Crippen LogP contribution >= 0.6 is 23.1 Å². The van der Waals surface area contributed by atoms with Gasteiger partial charge in [0.1, 0.15) is 0 Å². The number of hydrazone groups is 1. The van der Waals surface area contributed by atoms with E-state index in [4.69, 9.17) is 4.74 Å². The lowest BCUT2D eigenvalue weighted by Crippen LogP contribution is -2.19. The number of esters is 1. The lowest BCUT2D eigenvalue weighted by Gasteiger charge is -2.01. The van der Waals surface area contributed by atoms with Gasteiger partial charge in [0.2, 0.25) is 0 Å². The monoisotopic (exact) mass is 416 g/mol. The maximum absolute atomic E-state index is 12.0. The van der Waals surface area contributed by atoms with Gasteiger partial charge < -0.3 is 9.72 Å². The fourth-order valence-electron chi connectivity index (χ4n) is 2.65. The highest BCUT2D eigenvalue weighted by molar-refractivity contribution is 8.01. The summed E-state index contributed by atoms with van der Waals surface area (Å²) in [4.78, 5) is 31.6. The molecule has 28 heavy (non-hydrogen) atoms. The van der Waals surface area contributed by atoms with Crippen LogP contribution in [0.25, 0.3) is 10.2 Å². The van der Waals surface area contributed by atoms with Crippen molar-refractivity contribution in [3.63, 3.8) is 0 Å². The Kier molecular flexibility index (Phi) is 6.48. The first-order chi connectivity index (χ1) is 13.5. The second-order valence-electron chi connectivity index (χ2n) is 5.91.